The molecule has 0 saturated carbocycles. The minimum Gasteiger partial charge on any atom is -0.454 e. The summed E-state index contributed by atoms with van der Waals surface area (Å²) in [6, 6.07) is 10.5. The second-order valence-electron chi connectivity index (χ2n) is 4.90. The number of thiophene rings is 1. The van der Waals surface area contributed by atoms with Crippen molar-refractivity contribution in [2.45, 2.75) is 18.4 Å². The number of carbonyl (C=O) groups is 3. The predicted octanol–water partition coefficient (Wildman–Crippen LogP) is 3.15. The summed E-state index contributed by atoms with van der Waals surface area (Å²) in [5, 5.41) is 2.67. The van der Waals surface area contributed by atoms with Crippen LogP contribution < -0.4 is 5.32 Å². The van der Waals surface area contributed by atoms with Crippen LogP contribution in [0.1, 0.15) is 31.8 Å². The van der Waals surface area contributed by atoms with Gasteiger partial charge in [-0.05, 0) is 42.7 Å². The summed E-state index contributed by atoms with van der Waals surface area (Å²) in [4.78, 5) is 37.3. The molecule has 0 fully saturated rings. The number of thioether (sulfide) groups is 1. The molecular formula is C17H17NO4S2. The number of Topliss-reactive ketones (excluding diaryl/α,β-unsaturated/α-hetero) is 1. The number of ketones is 1. The average Bonchev–Trinajstić information content (AvgIpc) is 3.06. The van der Waals surface area contributed by atoms with E-state index < -0.39 is 5.97 Å². The van der Waals surface area contributed by atoms with Crippen molar-refractivity contribution in [3.8, 4) is 0 Å². The summed E-state index contributed by atoms with van der Waals surface area (Å²) in [5.41, 5.74) is 0.415. The van der Waals surface area contributed by atoms with Gasteiger partial charge >= 0.3 is 5.97 Å². The van der Waals surface area contributed by atoms with E-state index in [1.807, 2.05) is 18.4 Å². The number of hydrogen-bond acceptors (Lipinski definition) is 6. The first-order chi connectivity index (χ1) is 11.5. The van der Waals surface area contributed by atoms with Crippen LogP contribution in [0.3, 0.4) is 0 Å². The van der Waals surface area contributed by atoms with Crippen LogP contribution in [0.25, 0.3) is 0 Å². The maximum Gasteiger partial charge on any atom is 0.338 e. The third-order valence-corrected chi connectivity index (χ3v) is 4.98. The first-order valence-corrected chi connectivity index (χ1v) is 9.21. The molecule has 7 heteroatoms. The Morgan fingerprint density at radius 1 is 1.12 bits per heavy atom. The first-order valence-electron chi connectivity index (χ1n) is 7.17. The Kier molecular flexibility index (Phi) is 6.57. The molecule has 0 bridgehead atoms. The smallest absolute Gasteiger partial charge is 0.338 e. The fraction of sp³-hybridized carbons (Fsp3) is 0.235. The van der Waals surface area contributed by atoms with Gasteiger partial charge in [-0.25, -0.2) is 4.79 Å². The van der Waals surface area contributed by atoms with Gasteiger partial charge in [0.1, 0.15) is 0 Å². The van der Waals surface area contributed by atoms with Crippen LogP contribution in [0.5, 0.6) is 0 Å². The maximum atomic E-state index is 12.1. The van der Waals surface area contributed by atoms with Crippen molar-refractivity contribution in [1.82, 2.24) is 5.32 Å². The highest BCUT2D eigenvalue weighted by Gasteiger charge is 2.14. The van der Waals surface area contributed by atoms with E-state index >= 15 is 0 Å². The largest absolute Gasteiger partial charge is 0.454 e. The predicted molar refractivity (Wildman–Crippen MR) is 94.7 cm³/mol. The second kappa shape index (κ2) is 8.65. The van der Waals surface area contributed by atoms with Crippen molar-refractivity contribution in [3.05, 3.63) is 51.7 Å². The normalized spacial score (nSPS) is 10.2. The van der Waals surface area contributed by atoms with Crippen molar-refractivity contribution in [2.24, 2.45) is 0 Å². The van der Waals surface area contributed by atoms with Gasteiger partial charge in [-0.2, -0.15) is 0 Å². The van der Waals surface area contributed by atoms with Gasteiger partial charge in [0.2, 0.25) is 11.7 Å². The Morgan fingerprint density at radius 2 is 1.83 bits per heavy atom. The molecule has 126 valence electrons. The molecule has 1 heterocycles. The Hall–Kier alpha value is -2.12. The zero-order chi connectivity index (χ0) is 17.5. The van der Waals surface area contributed by atoms with Crippen LogP contribution in [0, 0.1) is 0 Å². The molecule has 5 nitrogen and oxygen atoms in total. The summed E-state index contributed by atoms with van der Waals surface area (Å²) in [7, 11) is 0. The molecule has 24 heavy (non-hydrogen) atoms. The second-order valence-corrected chi connectivity index (χ2v) is 6.95. The highest BCUT2D eigenvalue weighted by atomic mass is 32.2. The van der Waals surface area contributed by atoms with Gasteiger partial charge in [-0.15, -0.1) is 23.1 Å². The lowest BCUT2D eigenvalue weighted by molar-refractivity contribution is -0.119. The zero-order valence-electron chi connectivity index (χ0n) is 13.3. The lowest BCUT2D eigenvalue weighted by Crippen LogP contribution is -2.18. The Bertz CT molecular complexity index is 737. The molecule has 0 spiro atoms. The number of amides is 1. The summed E-state index contributed by atoms with van der Waals surface area (Å²) in [6.07, 6.45) is 1.95. The van der Waals surface area contributed by atoms with E-state index in [-0.39, 0.29) is 18.3 Å². The van der Waals surface area contributed by atoms with E-state index in [4.69, 9.17) is 4.74 Å². The summed E-state index contributed by atoms with van der Waals surface area (Å²) in [6.45, 7) is 1.52. The first kappa shape index (κ1) is 18.2. The third-order valence-electron chi connectivity index (χ3n) is 3.11. The van der Waals surface area contributed by atoms with Crippen LogP contribution in [-0.4, -0.2) is 30.5 Å². The number of hydrogen-bond donors (Lipinski definition) is 1. The molecule has 0 saturated heterocycles. The molecule has 0 aliphatic carbocycles. The van der Waals surface area contributed by atoms with E-state index in [1.165, 1.54) is 18.3 Å². The van der Waals surface area contributed by atoms with Gasteiger partial charge < -0.3 is 10.1 Å². The van der Waals surface area contributed by atoms with E-state index in [1.54, 1.807) is 36.0 Å². The maximum absolute atomic E-state index is 12.1. The molecule has 0 radical (unpaired) electrons. The summed E-state index contributed by atoms with van der Waals surface area (Å²) >= 11 is 2.86. The van der Waals surface area contributed by atoms with Gasteiger partial charge in [0, 0.05) is 16.7 Å². The summed E-state index contributed by atoms with van der Waals surface area (Å²) in [5.74, 6) is -0.910. The van der Waals surface area contributed by atoms with Crippen LogP contribution in [0.2, 0.25) is 0 Å². The monoisotopic (exact) mass is 363 g/mol. The molecular weight excluding hydrogens is 346 g/mol. The van der Waals surface area contributed by atoms with E-state index in [0.29, 0.717) is 17.0 Å². The Balaban J connectivity index is 1.87. The van der Waals surface area contributed by atoms with Crippen molar-refractivity contribution in [3.63, 3.8) is 0 Å². The minimum atomic E-state index is -0.522. The van der Waals surface area contributed by atoms with Gasteiger partial charge in [0.05, 0.1) is 17.0 Å². The van der Waals surface area contributed by atoms with E-state index in [2.05, 4.69) is 5.32 Å². The number of ether oxygens (including phenoxy) is 1. The molecule has 1 N–H and O–H groups in total. The SMILES string of the molecule is CSc1ccc(C(=O)OCC(=O)c2ccc(CNC(C)=O)s2)cc1. The van der Waals surface area contributed by atoms with Gasteiger partial charge in [-0.1, -0.05) is 0 Å². The molecule has 2 aromatic rings. The lowest BCUT2D eigenvalue weighted by Gasteiger charge is -2.04. The quantitative estimate of drug-likeness (QED) is 0.465. The number of nitrogens with one attached hydrogen (secondary N) is 1. The number of benzene rings is 1. The summed E-state index contributed by atoms with van der Waals surface area (Å²) < 4.78 is 5.07. The van der Waals surface area contributed by atoms with Gasteiger partial charge in [0.15, 0.2) is 6.61 Å². The third kappa shape index (κ3) is 5.21. The van der Waals surface area contributed by atoms with E-state index in [9.17, 15) is 14.4 Å². The van der Waals surface area contributed by atoms with Crippen molar-refractivity contribution in [1.29, 1.82) is 0 Å². The highest BCUT2D eigenvalue weighted by molar-refractivity contribution is 7.98. The molecule has 0 aliphatic heterocycles. The molecule has 0 aliphatic rings. The number of rotatable bonds is 7. The molecule has 1 aromatic heterocycles. The van der Waals surface area contributed by atoms with Crippen LogP contribution in [0.15, 0.2) is 41.3 Å². The fourth-order valence-corrected chi connectivity index (χ4v) is 3.13. The van der Waals surface area contributed by atoms with Gasteiger partial charge in [-0.3, -0.25) is 9.59 Å². The van der Waals surface area contributed by atoms with E-state index in [0.717, 1.165) is 9.77 Å². The minimum absolute atomic E-state index is 0.127. The molecule has 0 atom stereocenters. The molecule has 1 amide bonds. The molecule has 0 unspecified atom stereocenters. The fourth-order valence-electron chi connectivity index (χ4n) is 1.85. The average molecular weight is 363 g/mol. The zero-order valence-corrected chi connectivity index (χ0v) is 15.0. The number of carbonyl (C=O) groups excluding carboxylic acids is 3. The van der Waals surface area contributed by atoms with Crippen molar-refractivity contribution in [2.75, 3.05) is 12.9 Å². The van der Waals surface area contributed by atoms with Crippen LogP contribution >= 0.6 is 23.1 Å². The lowest BCUT2D eigenvalue weighted by atomic mass is 10.2. The Labute approximate surface area is 148 Å². The Morgan fingerprint density at radius 3 is 2.46 bits per heavy atom. The topological polar surface area (TPSA) is 72.5 Å². The number of esters is 1. The van der Waals surface area contributed by atoms with Crippen molar-refractivity contribution < 1.29 is 19.1 Å². The van der Waals surface area contributed by atoms with Crippen LogP contribution in [0.4, 0.5) is 0 Å². The standard InChI is InChI=1S/C17H17NO4S2/c1-11(19)18-9-14-7-8-16(24-14)15(20)10-22-17(21)12-3-5-13(23-2)6-4-12/h3-8H,9-10H2,1-2H3,(H,18,19). The molecule has 2 rings (SSSR count). The van der Waals surface area contributed by atoms with Crippen molar-refractivity contribution >= 4 is 40.8 Å². The molecule has 1 aromatic carbocycles. The highest BCUT2D eigenvalue weighted by Crippen LogP contribution is 2.18. The van der Waals surface area contributed by atoms with Gasteiger partial charge in [0.25, 0.3) is 0 Å². The van der Waals surface area contributed by atoms with Crippen LogP contribution in [-0.2, 0) is 16.1 Å².